The SMILES string of the molecule is COC1=C(C)C(=O)c2nccc(C)c2C1=O. The van der Waals surface area contributed by atoms with Crippen molar-refractivity contribution >= 4 is 11.6 Å². The zero-order chi connectivity index (χ0) is 11.9. The highest BCUT2D eigenvalue weighted by atomic mass is 16.5. The highest BCUT2D eigenvalue weighted by Crippen LogP contribution is 2.26. The molecular formula is C12H11NO3. The van der Waals surface area contributed by atoms with Gasteiger partial charge < -0.3 is 4.74 Å². The third-order valence-electron chi connectivity index (χ3n) is 2.69. The number of ether oxygens (including phenoxy) is 1. The summed E-state index contributed by atoms with van der Waals surface area (Å²) in [6, 6.07) is 1.71. The molecule has 4 nitrogen and oxygen atoms in total. The number of allylic oxidation sites excluding steroid dienone is 2. The lowest BCUT2D eigenvalue weighted by Gasteiger charge is -2.18. The van der Waals surface area contributed by atoms with Gasteiger partial charge in [-0.2, -0.15) is 0 Å². The Hall–Kier alpha value is -1.97. The second-order valence-corrected chi connectivity index (χ2v) is 3.67. The Kier molecular flexibility index (Phi) is 2.34. The Morgan fingerprint density at radius 3 is 2.50 bits per heavy atom. The molecule has 0 unspecified atom stereocenters. The van der Waals surface area contributed by atoms with Crippen molar-refractivity contribution in [2.75, 3.05) is 7.11 Å². The second kappa shape index (κ2) is 3.56. The molecule has 1 heterocycles. The number of aryl methyl sites for hydroxylation is 1. The lowest BCUT2D eigenvalue weighted by Crippen LogP contribution is -2.24. The van der Waals surface area contributed by atoms with Gasteiger partial charge in [-0.05, 0) is 25.5 Å². The van der Waals surface area contributed by atoms with E-state index in [9.17, 15) is 9.59 Å². The van der Waals surface area contributed by atoms with Gasteiger partial charge in [0.25, 0.3) is 0 Å². The zero-order valence-corrected chi connectivity index (χ0v) is 9.33. The Morgan fingerprint density at radius 1 is 1.19 bits per heavy atom. The molecular weight excluding hydrogens is 206 g/mol. The Bertz CT molecular complexity index is 529. The largest absolute Gasteiger partial charge is 0.492 e. The van der Waals surface area contributed by atoms with Crippen LogP contribution >= 0.6 is 0 Å². The third-order valence-corrected chi connectivity index (χ3v) is 2.69. The van der Waals surface area contributed by atoms with E-state index in [4.69, 9.17) is 4.74 Å². The van der Waals surface area contributed by atoms with Crippen molar-refractivity contribution in [3.05, 3.63) is 40.4 Å². The van der Waals surface area contributed by atoms with Crippen LogP contribution in [0.25, 0.3) is 0 Å². The Labute approximate surface area is 92.9 Å². The molecule has 0 aliphatic heterocycles. The number of hydrogen-bond acceptors (Lipinski definition) is 4. The minimum atomic E-state index is -0.264. The maximum absolute atomic E-state index is 12.0. The molecule has 0 radical (unpaired) electrons. The number of hydrogen-bond donors (Lipinski definition) is 0. The molecule has 0 aromatic carbocycles. The average Bonchev–Trinajstić information content (AvgIpc) is 2.26. The Balaban J connectivity index is 2.75. The molecule has 0 N–H and O–H groups in total. The van der Waals surface area contributed by atoms with Crippen LogP contribution in [0.2, 0.25) is 0 Å². The van der Waals surface area contributed by atoms with E-state index in [-0.39, 0.29) is 23.0 Å². The molecule has 1 aliphatic carbocycles. The van der Waals surface area contributed by atoms with Gasteiger partial charge in [0.1, 0.15) is 5.69 Å². The molecule has 2 rings (SSSR count). The number of methoxy groups -OCH3 is 1. The van der Waals surface area contributed by atoms with Gasteiger partial charge >= 0.3 is 0 Å². The third kappa shape index (κ3) is 1.26. The molecule has 0 bridgehead atoms. The highest BCUT2D eigenvalue weighted by Gasteiger charge is 2.32. The number of fused-ring (bicyclic) bond motifs is 1. The van der Waals surface area contributed by atoms with Crippen molar-refractivity contribution in [3.63, 3.8) is 0 Å². The van der Waals surface area contributed by atoms with E-state index in [1.165, 1.54) is 13.3 Å². The van der Waals surface area contributed by atoms with E-state index in [0.29, 0.717) is 11.1 Å². The number of pyridine rings is 1. The van der Waals surface area contributed by atoms with Crippen LogP contribution in [-0.4, -0.2) is 23.7 Å². The first-order valence-corrected chi connectivity index (χ1v) is 4.87. The fraction of sp³-hybridized carbons (Fsp3) is 0.250. The number of carbonyl (C=O) groups is 2. The zero-order valence-electron chi connectivity index (χ0n) is 9.33. The van der Waals surface area contributed by atoms with Crippen LogP contribution in [-0.2, 0) is 4.74 Å². The summed E-state index contributed by atoms with van der Waals surface area (Å²) in [5, 5.41) is 0. The summed E-state index contributed by atoms with van der Waals surface area (Å²) in [5.41, 5.74) is 1.64. The number of Topliss-reactive ketones (excluding diaryl/α,β-unsaturated/α-hetero) is 2. The molecule has 1 aromatic rings. The van der Waals surface area contributed by atoms with E-state index in [2.05, 4.69) is 4.98 Å². The van der Waals surface area contributed by atoms with Crippen LogP contribution in [0.4, 0.5) is 0 Å². The standard InChI is InChI=1S/C12H11NO3/c1-6-4-5-13-9-8(6)11(15)12(16-3)7(2)10(9)14/h4-5H,1-3H3. The summed E-state index contributed by atoms with van der Waals surface area (Å²) in [4.78, 5) is 28.0. The van der Waals surface area contributed by atoms with E-state index >= 15 is 0 Å². The summed E-state index contributed by atoms with van der Waals surface area (Å²) in [5.74, 6) is -0.385. The summed E-state index contributed by atoms with van der Waals surface area (Å²) in [6.07, 6.45) is 1.53. The molecule has 0 spiro atoms. The van der Waals surface area contributed by atoms with E-state index in [1.807, 2.05) is 0 Å². The maximum Gasteiger partial charge on any atom is 0.230 e. The van der Waals surface area contributed by atoms with Crippen LogP contribution in [0.3, 0.4) is 0 Å². The fourth-order valence-electron chi connectivity index (χ4n) is 1.83. The quantitative estimate of drug-likeness (QED) is 0.718. The van der Waals surface area contributed by atoms with Crippen molar-refractivity contribution in [1.29, 1.82) is 0 Å². The van der Waals surface area contributed by atoms with Crippen LogP contribution < -0.4 is 0 Å². The van der Waals surface area contributed by atoms with Gasteiger partial charge in [-0.15, -0.1) is 0 Å². The molecule has 0 saturated carbocycles. The van der Waals surface area contributed by atoms with Gasteiger partial charge in [0.05, 0.1) is 12.7 Å². The molecule has 0 amide bonds. The molecule has 82 valence electrons. The molecule has 4 heteroatoms. The van der Waals surface area contributed by atoms with E-state index in [0.717, 1.165) is 5.56 Å². The summed E-state index contributed by atoms with van der Waals surface area (Å²) >= 11 is 0. The van der Waals surface area contributed by atoms with Gasteiger partial charge in [-0.25, -0.2) is 0 Å². The molecule has 0 atom stereocenters. The van der Waals surface area contributed by atoms with Crippen LogP contribution in [0.15, 0.2) is 23.6 Å². The number of carbonyl (C=O) groups excluding carboxylic acids is 2. The van der Waals surface area contributed by atoms with Crippen molar-refractivity contribution in [1.82, 2.24) is 4.98 Å². The first-order valence-electron chi connectivity index (χ1n) is 4.87. The van der Waals surface area contributed by atoms with Crippen molar-refractivity contribution < 1.29 is 14.3 Å². The fourth-order valence-corrected chi connectivity index (χ4v) is 1.83. The minimum Gasteiger partial charge on any atom is -0.492 e. The molecule has 0 fully saturated rings. The highest BCUT2D eigenvalue weighted by molar-refractivity contribution is 6.25. The lowest BCUT2D eigenvalue weighted by molar-refractivity contribution is 0.0902. The second-order valence-electron chi connectivity index (χ2n) is 3.67. The van der Waals surface area contributed by atoms with Crippen molar-refractivity contribution in [2.45, 2.75) is 13.8 Å². The number of rotatable bonds is 1. The number of ketones is 2. The van der Waals surface area contributed by atoms with E-state index in [1.54, 1.807) is 19.9 Å². The minimum absolute atomic E-state index is 0.119. The summed E-state index contributed by atoms with van der Waals surface area (Å²) < 4.78 is 4.98. The molecule has 1 aromatic heterocycles. The predicted octanol–water partition coefficient (Wildman–Crippen LogP) is 1.69. The number of aromatic nitrogens is 1. The molecule has 16 heavy (non-hydrogen) atoms. The number of nitrogens with zero attached hydrogens (tertiary/aromatic N) is 1. The summed E-state index contributed by atoms with van der Waals surface area (Å²) in [6.45, 7) is 3.35. The van der Waals surface area contributed by atoms with Gasteiger partial charge in [-0.1, -0.05) is 0 Å². The molecule has 1 aliphatic rings. The smallest absolute Gasteiger partial charge is 0.230 e. The normalized spacial score (nSPS) is 15.2. The van der Waals surface area contributed by atoms with Crippen molar-refractivity contribution in [2.24, 2.45) is 0 Å². The van der Waals surface area contributed by atoms with Crippen LogP contribution in [0.5, 0.6) is 0 Å². The van der Waals surface area contributed by atoms with Crippen LogP contribution in [0.1, 0.15) is 33.3 Å². The van der Waals surface area contributed by atoms with Crippen molar-refractivity contribution in [3.8, 4) is 0 Å². The monoisotopic (exact) mass is 217 g/mol. The van der Waals surface area contributed by atoms with Gasteiger partial charge in [-0.3, -0.25) is 14.6 Å². The maximum atomic E-state index is 12.0. The summed E-state index contributed by atoms with van der Waals surface area (Å²) in [7, 11) is 1.39. The first-order chi connectivity index (χ1) is 7.57. The topological polar surface area (TPSA) is 56.3 Å². The first kappa shape index (κ1) is 10.5. The predicted molar refractivity (Wildman–Crippen MR) is 57.3 cm³/mol. The van der Waals surface area contributed by atoms with Gasteiger partial charge in [0.15, 0.2) is 5.76 Å². The van der Waals surface area contributed by atoms with Crippen LogP contribution in [0, 0.1) is 6.92 Å². The average molecular weight is 217 g/mol. The van der Waals surface area contributed by atoms with Gasteiger partial charge in [0, 0.05) is 11.8 Å². The molecule has 0 saturated heterocycles. The Morgan fingerprint density at radius 2 is 1.88 bits per heavy atom. The van der Waals surface area contributed by atoms with E-state index < -0.39 is 0 Å². The lowest BCUT2D eigenvalue weighted by atomic mass is 9.90. The van der Waals surface area contributed by atoms with Gasteiger partial charge in [0.2, 0.25) is 11.6 Å².